The van der Waals surface area contributed by atoms with Crippen molar-refractivity contribution in [3.63, 3.8) is 0 Å². The molecule has 68 valence electrons. The number of hydrogen-bond acceptors (Lipinski definition) is 4. The van der Waals surface area contributed by atoms with Crippen LogP contribution < -0.4 is 5.73 Å². The third kappa shape index (κ3) is 1.63. The molecular formula is C7H13N3O2. The Morgan fingerprint density at radius 2 is 2.42 bits per heavy atom. The van der Waals surface area contributed by atoms with E-state index in [1.165, 1.54) is 0 Å². The molecule has 0 amide bonds. The Hall–Kier alpha value is -0.910. The average molecular weight is 171 g/mol. The third-order valence-electron chi connectivity index (χ3n) is 1.74. The second-order valence-electron chi connectivity index (χ2n) is 2.69. The van der Waals surface area contributed by atoms with Crippen molar-refractivity contribution in [2.45, 2.75) is 12.1 Å². The third-order valence-corrected chi connectivity index (χ3v) is 1.74. The van der Waals surface area contributed by atoms with Crippen LogP contribution >= 0.6 is 0 Å². The molecule has 4 N–H and O–H groups in total. The summed E-state index contributed by atoms with van der Waals surface area (Å²) in [4.78, 5) is 3.91. The van der Waals surface area contributed by atoms with Crippen LogP contribution in [0.5, 0.6) is 0 Å². The minimum absolute atomic E-state index is 0.256. The van der Waals surface area contributed by atoms with E-state index in [1.54, 1.807) is 24.0 Å². The van der Waals surface area contributed by atoms with E-state index in [4.69, 9.17) is 10.8 Å². The average Bonchev–Trinajstić information content (AvgIpc) is 2.48. The van der Waals surface area contributed by atoms with E-state index in [9.17, 15) is 5.11 Å². The summed E-state index contributed by atoms with van der Waals surface area (Å²) >= 11 is 0. The highest BCUT2D eigenvalue weighted by Crippen LogP contribution is 2.11. The summed E-state index contributed by atoms with van der Waals surface area (Å²) in [6.07, 6.45) is 2.38. The number of rotatable bonds is 3. The van der Waals surface area contributed by atoms with Crippen molar-refractivity contribution in [1.82, 2.24) is 9.55 Å². The first-order chi connectivity index (χ1) is 5.66. The van der Waals surface area contributed by atoms with Gasteiger partial charge in [0.05, 0.1) is 12.6 Å². The van der Waals surface area contributed by atoms with Crippen LogP contribution in [0, 0.1) is 0 Å². The fourth-order valence-corrected chi connectivity index (χ4v) is 0.953. The lowest BCUT2D eigenvalue weighted by molar-refractivity contribution is 0.0999. The Kier molecular flexibility index (Phi) is 2.80. The Balaban J connectivity index is 2.77. The monoisotopic (exact) mass is 171 g/mol. The smallest absolute Gasteiger partial charge is 0.139 e. The van der Waals surface area contributed by atoms with Gasteiger partial charge in [-0.25, -0.2) is 4.98 Å². The van der Waals surface area contributed by atoms with Crippen molar-refractivity contribution >= 4 is 0 Å². The molecule has 12 heavy (non-hydrogen) atoms. The van der Waals surface area contributed by atoms with E-state index >= 15 is 0 Å². The van der Waals surface area contributed by atoms with Gasteiger partial charge in [-0.2, -0.15) is 0 Å². The van der Waals surface area contributed by atoms with E-state index < -0.39 is 12.1 Å². The summed E-state index contributed by atoms with van der Waals surface area (Å²) in [7, 11) is 1.76. The zero-order chi connectivity index (χ0) is 9.14. The molecule has 0 aliphatic rings. The zero-order valence-corrected chi connectivity index (χ0v) is 6.88. The normalized spacial score (nSPS) is 16.0. The Labute approximate surface area is 70.5 Å². The van der Waals surface area contributed by atoms with Gasteiger partial charge in [-0.1, -0.05) is 0 Å². The zero-order valence-electron chi connectivity index (χ0n) is 6.88. The van der Waals surface area contributed by atoms with Crippen LogP contribution in [0.4, 0.5) is 0 Å². The molecule has 0 fully saturated rings. The van der Waals surface area contributed by atoms with E-state index in [2.05, 4.69) is 4.98 Å². The topological polar surface area (TPSA) is 84.3 Å². The summed E-state index contributed by atoms with van der Waals surface area (Å²) in [5, 5.41) is 18.2. The van der Waals surface area contributed by atoms with Crippen LogP contribution in [0.15, 0.2) is 12.4 Å². The SMILES string of the molecule is Cn1ccnc1C(O)C(N)CO. The largest absolute Gasteiger partial charge is 0.395 e. The first-order valence-electron chi connectivity index (χ1n) is 3.68. The lowest BCUT2D eigenvalue weighted by atomic mass is 10.2. The van der Waals surface area contributed by atoms with E-state index in [0.29, 0.717) is 5.82 Å². The summed E-state index contributed by atoms with van der Waals surface area (Å²) < 4.78 is 1.67. The highest BCUT2D eigenvalue weighted by Gasteiger charge is 2.19. The van der Waals surface area contributed by atoms with Gasteiger partial charge >= 0.3 is 0 Å². The predicted molar refractivity (Wildman–Crippen MR) is 43.2 cm³/mol. The van der Waals surface area contributed by atoms with Gasteiger partial charge in [-0.05, 0) is 0 Å². The first kappa shape index (κ1) is 9.18. The molecular weight excluding hydrogens is 158 g/mol. The summed E-state index contributed by atoms with van der Waals surface area (Å²) in [5.41, 5.74) is 5.42. The molecule has 0 saturated heterocycles. The van der Waals surface area contributed by atoms with Crippen LogP contribution in [-0.4, -0.2) is 32.4 Å². The van der Waals surface area contributed by atoms with Crippen molar-refractivity contribution in [2.24, 2.45) is 12.8 Å². The van der Waals surface area contributed by atoms with Gasteiger partial charge < -0.3 is 20.5 Å². The van der Waals surface area contributed by atoms with E-state index in [-0.39, 0.29) is 6.61 Å². The Morgan fingerprint density at radius 1 is 1.75 bits per heavy atom. The Bertz CT molecular complexity index is 249. The van der Waals surface area contributed by atoms with Crippen LogP contribution in [-0.2, 0) is 7.05 Å². The fourth-order valence-electron chi connectivity index (χ4n) is 0.953. The lowest BCUT2D eigenvalue weighted by Crippen LogP contribution is -2.33. The predicted octanol–water partition coefficient (Wildman–Crippen LogP) is -1.23. The number of imidazole rings is 1. The molecule has 0 aliphatic carbocycles. The van der Waals surface area contributed by atoms with Gasteiger partial charge in [0.25, 0.3) is 0 Å². The molecule has 1 heterocycles. The highest BCUT2D eigenvalue weighted by molar-refractivity contribution is 4.98. The quantitative estimate of drug-likeness (QED) is 0.532. The van der Waals surface area contributed by atoms with Crippen LogP contribution in [0.2, 0.25) is 0 Å². The van der Waals surface area contributed by atoms with Crippen molar-refractivity contribution in [3.05, 3.63) is 18.2 Å². The summed E-state index contributed by atoms with van der Waals surface area (Å²) in [6, 6.07) is -0.675. The molecule has 0 radical (unpaired) electrons. The van der Waals surface area contributed by atoms with E-state index in [0.717, 1.165) is 0 Å². The van der Waals surface area contributed by atoms with Gasteiger partial charge in [0, 0.05) is 19.4 Å². The number of aliphatic hydroxyl groups excluding tert-OH is 2. The number of aryl methyl sites for hydroxylation is 1. The van der Waals surface area contributed by atoms with Crippen LogP contribution in [0.1, 0.15) is 11.9 Å². The van der Waals surface area contributed by atoms with Crippen molar-refractivity contribution in [1.29, 1.82) is 0 Å². The maximum Gasteiger partial charge on any atom is 0.139 e. The minimum atomic E-state index is -0.907. The Morgan fingerprint density at radius 3 is 2.83 bits per heavy atom. The van der Waals surface area contributed by atoms with Gasteiger partial charge in [0.15, 0.2) is 0 Å². The molecule has 1 rings (SSSR count). The molecule has 0 saturated carbocycles. The molecule has 0 aliphatic heterocycles. The lowest BCUT2D eigenvalue weighted by Gasteiger charge is -2.15. The van der Waals surface area contributed by atoms with Gasteiger partial charge in [-0.3, -0.25) is 0 Å². The van der Waals surface area contributed by atoms with Gasteiger partial charge in [0.2, 0.25) is 0 Å². The second-order valence-corrected chi connectivity index (χ2v) is 2.69. The molecule has 0 bridgehead atoms. The number of aliphatic hydroxyl groups is 2. The molecule has 0 aromatic carbocycles. The number of aromatic nitrogens is 2. The highest BCUT2D eigenvalue weighted by atomic mass is 16.3. The summed E-state index contributed by atoms with van der Waals surface area (Å²) in [6.45, 7) is -0.256. The number of nitrogens with two attached hydrogens (primary N) is 1. The van der Waals surface area contributed by atoms with Crippen molar-refractivity contribution in [3.8, 4) is 0 Å². The maximum atomic E-state index is 9.49. The number of nitrogens with zero attached hydrogens (tertiary/aromatic N) is 2. The molecule has 1 aromatic heterocycles. The molecule has 2 atom stereocenters. The molecule has 5 nitrogen and oxygen atoms in total. The molecule has 2 unspecified atom stereocenters. The minimum Gasteiger partial charge on any atom is -0.395 e. The van der Waals surface area contributed by atoms with Crippen LogP contribution in [0.3, 0.4) is 0 Å². The van der Waals surface area contributed by atoms with Gasteiger partial charge in [-0.15, -0.1) is 0 Å². The standard InChI is InChI=1S/C7H13N3O2/c1-10-3-2-9-7(10)6(12)5(8)4-11/h2-3,5-6,11-12H,4,8H2,1H3. The molecule has 1 aromatic rings. The first-order valence-corrected chi connectivity index (χ1v) is 3.68. The molecule has 0 spiro atoms. The fraction of sp³-hybridized carbons (Fsp3) is 0.571. The molecule has 5 heteroatoms. The summed E-state index contributed by atoms with van der Waals surface area (Å²) in [5.74, 6) is 0.469. The van der Waals surface area contributed by atoms with Gasteiger partial charge in [0.1, 0.15) is 11.9 Å². The van der Waals surface area contributed by atoms with Crippen molar-refractivity contribution in [2.75, 3.05) is 6.61 Å². The van der Waals surface area contributed by atoms with Crippen molar-refractivity contribution < 1.29 is 10.2 Å². The van der Waals surface area contributed by atoms with Crippen LogP contribution in [0.25, 0.3) is 0 Å². The van der Waals surface area contributed by atoms with E-state index in [1.807, 2.05) is 0 Å². The second kappa shape index (κ2) is 3.66. The maximum absolute atomic E-state index is 9.49. The number of hydrogen-bond donors (Lipinski definition) is 3.